The van der Waals surface area contributed by atoms with Crippen LogP contribution in [0.1, 0.15) is 23.1 Å². The van der Waals surface area contributed by atoms with E-state index in [4.69, 9.17) is 10.5 Å². The van der Waals surface area contributed by atoms with E-state index in [1.807, 2.05) is 22.8 Å². The fourth-order valence-corrected chi connectivity index (χ4v) is 4.15. The molecule has 0 saturated heterocycles. The minimum absolute atomic E-state index is 0.269. The zero-order chi connectivity index (χ0) is 24.2. The van der Waals surface area contributed by atoms with Crippen LogP contribution in [0.25, 0.3) is 17.0 Å². The predicted octanol–water partition coefficient (Wildman–Crippen LogP) is 3.96. The summed E-state index contributed by atoms with van der Waals surface area (Å²) in [4.78, 5) is 11.4. The molecule has 2 aromatic carbocycles. The number of rotatable bonds is 6. The van der Waals surface area contributed by atoms with Crippen molar-refractivity contribution in [2.24, 2.45) is 0 Å². The summed E-state index contributed by atoms with van der Waals surface area (Å²) >= 11 is 0. The van der Waals surface area contributed by atoms with Crippen LogP contribution in [0.2, 0.25) is 0 Å². The highest BCUT2D eigenvalue weighted by Gasteiger charge is 2.35. The van der Waals surface area contributed by atoms with Gasteiger partial charge in [-0.05, 0) is 30.3 Å². The van der Waals surface area contributed by atoms with Gasteiger partial charge in [-0.15, -0.1) is 0 Å². The molecule has 3 aromatic rings. The zero-order valence-electron chi connectivity index (χ0n) is 16.8. The maximum Gasteiger partial charge on any atom is 0.417 e. The number of para-hydroxylation sites is 1. The maximum atomic E-state index is 13.1. The molecule has 0 aliphatic rings. The number of aromatic nitrogens is 1. The second-order valence-electron chi connectivity index (χ2n) is 6.82. The van der Waals surface area contributed by atoms with Crippen LogP contribution >= 0.6 is 0 Å². The Balaban J connectivity index is 1.86. The van der Waals surface area contributed by atoms with Crippen molar-refractivity contribution < 1.29 is 26.4 Å². The van der Waals surface area contributed by atoms with Gasteiger partial charge in [0, 0.05) is 35.3 Å². The molecule has 0 aliphatic heterocycles. The summed E-state index contributed by atoms with van der Waals surface area (Å²) in [6, 6.07) is 12.5. The molecule has 1 amide bonds. The SMILES string of the molecule is N#CCCn1cc(/C=C/C(=O)NS(=O)(=O)c2ccc(C#N)c(C(F)(F)F)c2)c2ccccc21. The van der Waals surface area contributed by atoms with Gasteiger partial charge >= 0.3 is 6.18 Å². The van der Waals surface area contributed by atoms with E-state index in [1.54, 1.807) is 23.1 Å². The number of nitriles is 2. The van der Waals surface area contributed by atoms with Crippen molar-refractivity contribution in [2.45, 2.75) is 24.0 Å². The Kier molecular flexibility index (Phi) is 6.56. The van der Waals surface area contributed by atoms with Crippen LogP contribution in [0, 0.1) is 22.7 Å². The van der Waals surface area contributed by atoms with Gasteiger partial charge in [0.15, 0.2) is 0 Å². The van der Waals surface area contributed by atoms with Crippen molar-refractivity contribution in [1.82, 2.24) is 9.29 Å². The summed E-state index contributed by atoms with van der Waals surface area (Å²) < 4.78 is 67.7. The van der Waals surface area contributed by atoms with E-state index >= 15 is 0 Å². The maximum absolute atomic E-state index is 13.1. The van der Waals surface area contributed by atoms with E-state index in [-0.39, 0.29) is 6.42 Å². The van der Waals surface area contributed by atoms with Crippen LogP contribution in [0.15, 0.2) is 59.6 Å². The summed E-state index contributed by atoms with van der Waals surface area (Å²) in [7, 11) is -4.62. The molecule has 1 heterocycles. The van der Waals surface area contributed by atoms with Crippen LogP contribution in [0.5, 0.6) is 0 Å². The second kappa shape index (κ2) is 9.18. The van der Waals surface area contributed by atoms with Crippen LogP contribution in [-0.2, 0) is 27.5 Å². The first-order valence-corrected chi connectivity index (χ1v) is 10.9. The smallest absolute Gasteiger partial charge is 0.346 e. The number of sulfonamides is 1. The van der Waals surface area contributed by atoms with Gasteiger partial charge in [0.2, 0.25) is 0 Å². The number of carbonyl (C=O) groups excluding carboxylic acids is 1. The Morgan fingerprint density at radius 2 is 1.88 bits per heavy atom. The van der Waals surface area contributed by atoms with Gasteiger partial charge < -0.3 is 4.57 Å². The van der Waals surface area contributed by atoms with Crippen LogP contribution in [-0.4, -0.2) is 18.9 Å². The Bertz CT molecular complexity index is 1440. The molecule has 0 fully saturated rings. The van der Waals surface area contributed by atoms with E-state index in [0.29, 0.717) is 18.2 Å². The predicted molar refractivity (Wildman–Crippen MR) is 113 cm³/mol. The van der Waals surface area contributed by atoms with Crippen molar-refractivity contribution in [3.63, 3.8) is 0 Å². The summed E-state index contributed by atoms with van der Waals surface area (Å²) in [5.74, 6) is -1.07. The van der Waals surface area contributed by atoms with E-state index in [0.717, 1.165) is 29.1 Å². The molecular weight excluding hydrogens is 457 g/mol. The van der Waals surface area contributed by atoms with Crippen LogP contribution in [0.3, 0.4) is 0 Å². The number of fused-ring (bicyclic) bond motifs is 1. The number of amides is 1. The molecule has 168 valence electrons. The Hall–Kier alpha value is -4.09. The lowest BCUT2D eigenvalue weighted by Crippen LogP contribution is -2.29. The first-order valence-electron chi connectivity index (χ1n) is 9.38. The lowest BCUT2D eigenvalue weighted by Gasteiger charge is -2.11. The van der Waals surface area contributed by atoms with Crippen molar-refractivity contribution in [3.05, 3.63) is 71.4 Å². The third-order valence-electron chi connectivity index (χ3n) is 4.66. The number of halogens is 3. The van der Waals surface area contributed by atoms with Gasteiger partial charge in [-0.1, -0.05) is 18.2 Å². The van der Waals surface area contributed by atoms with Gasteiger partial charge in [-0.3, -0.25) is 4.79 Å². The molecule has 0 radical (unpaired) electrons. The Labute approximate surface area is 187 Å². The van der Waals surface area contributed by atoms with Crippen molar-refractivity contribution in [2.75, 3.05) is 0 Å². The second-order valence-corrected chi connectivity index (χ2v) is 8.51. The number of carbonyl (C=O) groups is 1. The average Bonchev–Trinajstić information content (AvgIpc) is 3.12. The van der Waals surface area contributed by atoms with E-state index in [9.17, 15) is 26.4 Å². The lowest BCUT2D eigenvalue weighted by atomic mass is 10.1. The number of nitrogens with one attached hydrogen (secondary N) is 1. The summed E-state index contributed by atoms with van der Waals surface area (Å²) in [6.45, 7) is 0.422. The standard InChI is InChI=1S/C22H15F3N4O3S/c23-22(24,25)19-12-17(8-6-15(19)13-27)33(31,32)28-21(30)9-7-16-14-29(11-3-10-26)20-5-2-1-4-18(16)20/h1-2,4-9,12,14H,3,11H2,(H,28,30)/b9-7+. The van der Waals surface area contributed by atoms with Gasteiger partial charge in [0.25, 0.3) is 15.9 Å². The highest BCUT2D eigenvalue weighted by Crippen LogP contribution is 2.33. The van der Waals surface area contributed by atoms with Gasteiger partial charge in [-0.25, -0.2) is 13.1 Å². The first-order chi connectivity index (χ1) is 15.6. The summed E-state index contributed by atoms with van der Waals surface area (Å²) in [5, 5.41) is 18.4. The zero-order valence-corrected chi connectivity index (χ0v) is 17.6. The Morgan fingerprint density at radius 3 is 2.55 bits per heavy atom. The molecule has 0 unspecified atom stereocenters. The number of aryl methyl sites for hydroxylation is 1. The normalized spacial score (nSPS) is 11.9. The number of hydrogen-bond acceptors (Lipinski definition) is 5. The van der Waals surface area contributed by atoms with Crippen LogP contribution in [0.4, 0.5) is 13.2 Å². The van der Waals surface area contributed by atoms with E-state index < -0.39 is 38.1 Å². The Morgan fingerprint density at radius 1 is 1.15 bits per heavy atom. The minimum atomic E-state index is -4.94. The molecule has 1 aromatic heterocycles. The topological polar surface area (TPSA) is 116 Å². The van der Waals surface area contributed by atoms with Crippen molar-refractivity contribution in [3.8, 4) is 12.1 Å². The number of nitrogens with zero attached hydrogens (tertiary/aromatic N) is 3. The molecule has 0 spiro atoms. The van der Waals surface area contributed by atoms with Gasteiger partial charge in [-0.2, -0.15) is 23.7 Å². The van der Waals surface area contributed by atoms with Gasteiger partial charge in [0.05, 0.1) is 34.6 Å². The van der Waals surface area contributed by atoms with Crippen molar-refractivity contribution in [1.29, 1.82) is 10.5 Å². The highest BCUT2D eigenvalue weighted by molar-refractivity contribution is 7.90. The molecule has 11 heteroatoms. The fraction of sp³-hybridized carbons (Fsp3) is 0.136. The lowest BCUT2D eigenvalue weighted by molar-refractivity contribution is -0.137. The largest absolute Gasteiger partial charge is 0.417 e. The fourth-order valence-electron chi connectivity index (χ4n) is 3.18. The third-order valence-corrected chi connectivity index (χ3v) is 6.00. The average molecular weight is 472 g/mol. The monoisotopic (exact) mass is 472 g/mol. The molecule has 33 heavy (non-hydrogen) atoms. The van der Waals surface area contributed by atoms with Crippen molar-refractivity contribution >= 4 is 32.9 Å². The minimum Gasteiger partial charge on any atom is -0.346 e. The quantitative estimate of drug-likeness (QED) is 0.545. The molecule has 0 atom stereocenters. The molecule has 1 N–H and O–H groups in total. The number of benzene rings is 2. The van der Waals surface area contributed by atoms with Gasteiger partial charge in [0.1, 0.15) is 0 Å². The number of alkyl halides is 3. The third kappa shape index (κ3) is 5.22. The van der Waals surface area contributed by atoms with E-state index in [1.165, 1.54) is 12.1 Å². The molecule has 0 saturated carbocycles. The number of hydrogen-bond donors (Lipinski definition) is 1. The van der Waals surface area contributed by atoms with E-state index in [2.05, 4.69) is 0 Å². The van der Waals surface area contributed by atoms with Crippen LogP contribution < -0.4 is 4.72 Å². The molecule has 0 bridgehead atoms. The molecular formula is C22H15F3N4O3S. The first kappa shape index (κ1) is 23.6. The molecule has 0 aliphatic carbocycles. The highest BCUT2D eigenvalue weighted by atomic mass is 32.2. The molecule has 7 nitrogen and oxygen atoms in total. The summed E-state index contributed by atoms with van der Waals surface area (Å²) in [5.41, 5.74) is -0.743. The summed E-state index contributed by atoms with van der Waals surface area (Å²) in [6.07, 6.45) is -0.653. The molecule has 3 rings (SSSR count).